The third kappa shape index (κ3) is 5.73. The van der Waals surface area contributed by atoms with Crippen LogP contribution >= 0.6 is 23.1 Å². The highest BCUT2D eigenvalue weighted by atomic mass is 32.2. The second kappa shape index (κ2) is 10.6. The zero-order chi connectivity index (χ0) is 24.2. The number of unbranched alkanes of at least 4 members (excludes halogenated alkanes) is 2. The maximum Gasteiger partial charge on any atom is 0.315 e. The SMILES string of the molecule is CC1NC(=O)NC1CCCCCC(=O)Nc1ccc2nc(SCn3nnc4ccccc43)sc2c1. The molecule has 9 nitrogen and oxygen atoms in total. The summed E-state index contributed by atoms with van der Waals surface area (Å²) in [6.45, 7) is 2.01. The molecule has 3 amide bonds. The van der Waals surface area contributed by atoms with Crippen LogP contribution in [0.15, 0.2) is 46.8 Å². The van der Waals surface area contributed by atoms with E-state index in [-0.39, 0.29) is 24.0 Å². The molecule has 3 N–H and O–H groups in total. The first-order chi connectivity index (χ1) is 17.0. The fourth-order valence-corrected chi connectivity index (χ4v) is 6.17. The number of thioether (sulfide) groups is 1. The molecule has 11 heteroatoms. The van der Waals surface area contributed by atoms with Crippen molar-refractivity contribution < 1.29 is 9.59 Å². The Hall–Kier alpha value is -3.18. The van der Waals surface area contributed by atoms with Crippen molar-refractivity contribution in [3.8, 4) is 0 Å². The number of hydrogen-bond donors (Lipinski definition) is 3. The van der Waals surface area contributed by atoms with Crippen LogP contribution in [0.1, 0.15) is 39.0 Å². The minimum absolute atomic E-state index is 0.0192. The highest BCUT2D eigenvalue weighted by Gasteiger charge is 2.26. The minimum Gasteiger partial charge on any atom is -0.334 e. The van der Waals surface area contributed by atoms with Crippen LogP contribution in [-0.2, 0) is 10.7 Å². The van der Waals surface area contributed by atoms with Crippen molar-refractivity contribution in [1.29, 1.82) is 0 Å². The zero-order valence-electron chi connectivity index (χ0n) is 19.4. The number of rotatable bonds is 10. The largest absolute Gasteiger partial charge is 0.334 e. The number of nitrogens with zero attached hydrogens (tertiary/aromatic N) is 4. The smallest absolute Gasteiger partial charge is 0.315 e. The van der Waals surface area contributed by atoms with E-state index in [9.17, 15) is 9.59 Å². The Morgan fingerprint density at radius 3 is 2.89 bits per heavy atom. The van der Waals surface area contributed by atoms with E-state index in [0.717, 1.165) is 57.0 Å². The molecule has 35 heavy (non-hydrogen) atoms. The van der Waals surface area contributed by atoms with Gasteiger partial charge in [-0.25, -0.2) is 14.5 Å². The maximum atomic E-state index is 12.4. The second-order valence-electron chi connectivity index (χ2n) is 8.67. The standard InChI is InChI=1S/C24H27N7O2S2/c1-15-17(27-23(33)25-15)7-3-2-4-10-22(32)26-16-11-12-19-21(13-16)35-24(28-19)34-14-31-20-9-6-5-8-18(20)29-30-31/h5-6,8-9,11-13,15,17H,2-4,7,10,14H2,1H3,(H,26,32)(H2,25,27,33). The first kappa shape index (κ1) is 23.6. The zero-order valence-corrected chi connectivity index (χ0v) is 21.0. The van der Waals surface area contributed by atoms with E-state index in [4.69, 9.17) is 4.98 Å². The summed E-state index contributed by atoms with van der Waals surface area (Å²) < 4.78 is 3.86. The summed E-state index contributed by atoms with van der Waals surface area (Å²) in [5.41, 5.74) is 3.59. The van der Waals surface area contributed by atoms with Gasteiger partial charge in [0.05, 0.1) is 27.7 Å². The number of anilines is 1. The Kier molecular flexibility index (Phi) is 7.14. The molecular weight excluding hydrogens is 482 g/mol. The Morgan fingerprint density at radius 1 is 1.14 bits per heavy atom. The summed E-state index contributed by atoms with van der Waals surface area (Å²) in [5.74, 6) is 0.651. The lowest BCUT2D eigenvalue weighted by atomic mass is 10.0. The van der Waals surface area contributed by atoms with Gasteiger partial charge in [-0.3, -0.25) is 4.79 Å². The molecule has 4 aromatic rings. The highest BCUT2D eigenvalue weighted by molar-refractivity contribution is 8.00. The van der Waals surface area contributed by atoms with Crippen molar-refractivity contribution in [2.24, 2.45) is 0 Å². The van der Waals surface area contributed by atoms with Gasteiger partial charge < -0.3 is 16.0 Å². The molecule has 2 aromatic heterocycles. The molecule has 0 aliphatic carbocycles. The molecule has 5 rings (SSSR count). The third-order valence-electron chi connectivity index (χ3n) is 6.08. The van der Waals surface area contributed by atoms with Crippen LogP contribution in [0.5, 0.6) is 0 Å². The van der Waals surface area contributed by atoms with Crippen LogP contribution in [-0.4, -0.2) is 44.0 Å². The average molecular weight is 510 g/mol. The molecule has 1 aliphatic rings. The number of thiazole rings is 1. The van der Waals surface area contributed by atoms with Crippen molar-refractivity contribution in [2.45, 2.75) is 61.3 Å². The predicted molar refractivity (Wildman–Crippen MR) is 140 cm³/mol. The average Bonchev–Trinajstić information content (AvgIpc) is 3.53. The van der Waals surface area contributed by atoms with Gasteiger partial charge in [-0.15, -0.1) is 16.4 Å². The normalized spacial score (nSPS) is 17.6. The van der Waals surface area contributed by atoms with Gasteiger partial charge in [0.1, 0.15) is 5.52 Å². The molecule has 3 heterocycles. The third-order valence-corrected chi connectivity index (χ3v) is 8.21. The highest BCUT2D eigenvalue weighted by Crippen LogP contribution is 2.32. The van der Waals surface area contributed by atoms with Crippen molar-refractivity contribution in [3.63, 3.8) is 0 Å². The number of aromatic nitrogens is 4. The topological polar surface area (TPSA) is 114 Å². The van der Waals surface area contributed by atoms with E-state index >= 15 is 0 Å². The molecule has 182 valence electrons. The summed E-state index contributed by atoms with van der Waals surface area (Å²) in [7, 11) is 0. The lowest BCUT2D eigenvalue weighted by molar-refractivity contribution is -0.116. The molecule has 1 saturated heterocycles. The number of urea groups is 1. The van der Waals surface area contributed by atoms with Crippen molar-refractivity contribution in [3.05, 3.63) is 42.5 Å². The van der Waals surface area contributed by atoms with Gasteiger partial charge in [-0.2, -0.15) is 0 Å². The van der Waals surface area contributed by atoms with E-state index in [2.05, 4.69) is 26.3 Å². The van der Waals surface area contributed by atoms with Crippen LogP contribution in [0.4, 0.5) is 10.5 Å². The maximum absolute atomic E-state index is 12.4. The molecule has 0 radical (unpaired) electrons. The summed E-state index contributed by atoms with van der Waals surface area (Å²) >= 11 is 3.22. The Labute approximate surface area is 211 Å². The van der Waals surface area contributed by atoms with Crippen LogP contribution in [0.25, 0.3) is 21.3 Å². The van der Waals surface area contributed by atoms with Gasteiger partial charge >= 0.3 is 6.03 Å². The summed E-state index contributed by atoms with van der Waals surface area (Å²) in [4.78, 5) is 28.4. The number of carbonyl (C=O) groups is 2. The predicted octanol–water partition coefficient (Wildman–Crippen LogP) is 4.75. The van der Waals surface area contributed by atoms with Crippen molar-refractivity contribution in [1.82, 2.24) is 30.6 Å². The molecule has 1 fully saturated rings. The second-order valence-corrected chi connectivity index (χ2v) is 10.9. The fourth-order valence-electron chi connectivity index (χ4n) is 4.19. The number of amides is 3. The molecule has 2 aromatic carbocycles. The van der Waals surface area contributed by atoms with Crippen LogP contribution in [0.2, 0.25) is 0 Å². The monoisotopic (exact) mass is 509 g/mol. The lowest BCUT2D eigenvalue weighted by Crippen LogP contribution is -2.30. The fraction of sp³-hybridized carbons (Fsp3) is 0.375. The number of carbonyl (C=O) groups excluding carboxylic acids is 2. The van der Waals surface area contributed by atoms with E-state index in [1.165, 1.54) is 0 Å². The Morgan fingerprint density at radius 2 is 2.03 bits per heavy atom. The first-order valence-corrected chi connectivity index (χ1v) is 13.5. The number of para-hydroxylation sites is 1. The van der Waals surface area contributed by atoms with Gasteiger partial charge in [0.15, 0.2) is 4.34 Å². The van der Waals surface area contributed by atoms with E-state index in [1.807, 2.05) is 54.1 Å². The Bertz CT molecular complexity index is 1350. The molecule has 0 bridgehead atoms. The van der Waals surface area contributed by atoms with Gasteiger partial charge in [0.25, 0.3) is 0 Å². The van der Waals surface area contributed by atoms with Gasteiger partial charge in [0.2, 0.25) is 5.91 Å². The number of nitrogens with one attached hydrogen (secondary N) is 3. The summed E-state index contributed by atoms with van der Waals surface area (Å²) in [6.07, 6.45) is 4.19. The molecule has 0 spiro atoms. The minimum atomic E-state index is -0.0886. The quantitative estimate of drug-likeness (QED) is 0.210. The van der Waals surface area contributed by atoms with Crippen LogP contribution in [0, 0.1) is 0 Å². The van der Waals surface area contributed by atoms with Crippen molar-refractivity contribution >= 4 is 62.0 Å². The molecular formula is C24H27N7O2S2. The molecule has 0 saturated carbocycles. The van der Waals surface area contributed by atoms with E-state index in [0.29, 0.717) is 12.3 Å². The number of benzene rings is 2. The van der Waals surface area contributed by atoms with Gasteiger partial charge in [-0.1, -0.05) is 41.9 Å². The molecule has 1 aliphatic heterocycles. The van der Waals surface area contributed by atoms with Crippen LogP contribution in [0.3, 0.4) is 0 Å². The number of hydrogen-bond acceptors (Lipinski definition) is 7. The Balaban J connectivity index is 1.09. The first-order valence-electron chi connectivity index (χ1n) is 11.7. The van der Waals surface area contributed by atoms with Gasteiger partial charge in [-0.05, 0) is 50.1 Å². The van der Waals surface area contributed by atoms with E-state index < -0.39 is 0 Å². The van der Waals surface area contributed by atoms with Crippen LogP contribution < -0.4 is 16.0 Å². The number of fused-ring (bicyclic) bond motifs is 2. The van der Waals surface area contributed by atoms with E-state index in [1.54, 1.807) is 23.1 Å². The lowest BCUT2D eigenvalue weighted by Gasteiger charge is -2.13. The van der Waals surface area contributed by atoms with Gasteiger partial charge in [0, 0.05) is 18.2 Å². The van der Waals surface area contributed by atoms with Crippen molar-refractivity contribution in [2.75, 3.05) is 5.32 Å². The molecule has 2 atom stereocenters. The molecule has 2 unspecified atom stereocenters. The summed E-state index contributed by atoms with van der Waals surface area (Å²) in [6, 6.07) is 14.0. The summed E-state index contributed by atoms with van der Waals surface area (Å²) in [5, 5.41) is 17.2.